The second-order valence-corrected chi connectivity index (χ2v) is 6.37. The van der Waals surface area contributed by atoms with Crippen LogP contribution in [0.5, 0.6) is 0 Å². The minimum Gasteiger partial charge on any atom is -0.328 e. The van der Waals surface area contributed by atoms with Crippen molar-refractivity contribution in [3.8, 4) is 0 Å². The van der Waals surface area contributed by atoms with Gasteiger partial charge in [-0.25, -0.2) is 0 Å². The van der Waals surface area contributed by atoms with Gasteiger partial charge in [0.05, 0.1) is 0 Å². The van der Waals surface area contributed by atoms with Gasteiger partial charge in [0.25, 0.3) is 0 Å². The van der Waals surface area contributed by atoms with Crippen molar-refractivity contribution in [3.63, 3.8) is 0 Å². The molecule has 0 aromatic heterocycles. The Labute approximate surface area is 130 Å². The van der Waals surface area contributed by atoms with Gasteiger partial charge in [-0.05, 0) is 72.5 Å². The Kier molecular flexibility index (Phi) is 6.92. The number of rotatable bonds is 3. The Balaban J connectivity index is 0.00000162. The molecule has 102 valence electrons. The van der Waals surface area contributed by atoms with E-state index in [1.807, 2.05) is 0 Å². The number of nitrogens with zero attached hydrogens (tertiary/aromatic N) is 1. The van der Waals surface area contributed by atoms with Gasteiger partial charge in [-0.15, -0.1) is 12.4 Å². The fourth-order valence-electron chi connectivity index (χ4n) is 2.51. The SMILES string of the molecule is CC(N)C1CCCN(Cc2ccc(I)cc2)C1.Cl. The molecule has 0 aliphatic carbocycles. The van der Waals surface area contributed by atoms with Crippen LogP contribution in [-0.2, 0) is 6.54 Å². The fourth-order valence-corrected chi connectivity index (χ4v) is 2.87. The number of piperidine rings is 1. The van der Waals surface area contributed by atoms with Crippen LogP contribution < -0.4 is 5.73 Å². The summed E-state index contributed by atoms with van der Waals surface area (Å²) in [5.41, 5.74) is 7.43. The van der Waals surface area contributed by atoms with Crippen LogP contribution in [-0.4, -0.2) is 24.0 Å². The van der Waals surface area contributed by atoms with Gasteiger partial charge in [0, 0.05) is 22.7 Å². The Hall–Kier alpha value is 0.160. The first-order valence-corrected chi connectivity index (χ1v) is 7.45. The smallest absolute Gasteiger partial charge is 0.0233 e. The topological polar surface area (TPSA) is 29.3 Å². The van der Waals surface area contributed by atoms with Gasteiger partial charge in [-0.1, -0.05) is 12.1 Å². The maximum Gasteiger partial charge on any atom is 0.0233 e. The lowest BCUT2D eigenvalue weighted by molar-refractivity contribution is 0.154. The number of hydrogen-bond acceptors (Lipinski definition) is 2. The second kappa shape index (κ2) is 7.68. The molecular weight excluding hydrogens is 359 g/mol. The van der Waals surface area contributed by atoms with E-state index in [0.717, 1.165) is 13.1 Å². The van der Waals surface area contributed by atoms with Crippen LogP contribution in [0.1, 0.15) is 25.3 Å². The Bertz CT molecular complexity index is 353. The zero-order valence-corrected chi connectivity index (χ0v) is 13.8. The number of nitrogens with two attached hydrogens (primary N) is 1. The van der Waals surface area contributed by atoms with Crippen molar-refractivity contribution < 1.29 is 0 Å². The summed E-state index contributed by atoms with van der Waals surface area (Å²) in [5, 5.41) is 0. The van der Waals surface area contributed by atoms with E-state index in [-0.39, 0.29) is 12.4 Å². The predicted octanol–water partition coefficient (Wildman–Crippen LogP) is 3.27. The fraction of sp³-hybridized carbons (Fsp3) is 0.571. The van der Waals surface area contributed by atoms with Gasteiger partial charge in [0.1, 0.15) is 0 Å². The molecule has 0 amide bonds. The van der Waals surface area contributed by atoms with Crippen molar-refractivity contribution in [2.24, 2.45) is 11.7 Å². The lowest BCUT2D eigenvalue weighted by Gasteiger charge is -2.34. The van der Waals surface area contributed by atoms with Crippen LogP contribution in [0, 0.1) is 9.49 Å². The number of likely N-dealkylation sites (tertiary alicyclic amines) is 1. The van der Waals surface area contributed by atoms with E-state index in [9.17, 15) is 0 Å². The van der Waals surface area contributed by atoms with E-state index < -0.39 is 0 Å². The number of halogens is 2. The molecule has 1 heterocycles. The van der Waals surface area contributed by atoms with Crippen molar-refractivity contribution >= 4 is 35.0 Å². The number of hydrogen-bond donors (Lipinski definition) is 1. The van der Waals surface area contributed by atoms with Gasteiger partial charge in [-0.2, -0.15) is 0 Å². The lowest BCUT2D eigenvalue weighted by atomic mass is 9.92. The first kappa shape index (κ1) is 16.2. The second-order valence-electron chi connectivity index (χ2n) is 5.12. The van der Waals surface area contributed by atoms with Crippen molar-refractivity contribution in [2.45, 2.75) is 32.4 Å². The van der Waals surface area contributed by atoms with Gasteiger partial charge in [-0.3, -0.25) is 4.90 Å². The number of benzene rings is 1. The molecule has 1 fully saturated rings. The average molecular weight is 381 g/mol. The van der Waals surface area contributed by atoms with Crippen molar-refractivity contribution in [2.75, 3.05) is 13.1 Å². The van der Waals surface area contributed by atoms with Gasteiger partial charge < -0.3 is 5.73 Å². The molecule has 0 spiro atoms. The maximum atomic E-state index is 6.01. The molecular formula is C14H22ClIN2. The Morgan fingerprint density at radius 2 is 2.06 bits per heavy atom. The minimum atomic E-state index is 0. The maximum absolute atomic E-state index is 6.01. The molecule has 18 heavy (non-hydrogen) atoms. The molecule has 2 atom stereocenters. The van der Waals surface area contributed by atoms with Crippen molar-refractivity contribution in [1.29, 1.82) is 0 Å². The van der Waals surface area contributed by atoms with Crippen LogP contribution in [0.15, 0.2) is 24.3 Å². The molecule has 1 aliphatic rings. The third-order valence-corrected chi connectivity index (χ3v) is 4.32. The normalized spacial score (nSPS) is 22.3. The van der Waals surface area contributed by atoms with Gasteiger partial charge >= 0.3 is 0 Å². The highest BCUT2D eigenvalue weighted by molar-refractivity contribution is 14.1. The average Bonchev–Trinajstić information content (AvgIpc) is 2.32. The van der Waals surface area contributed by atoms with E-state index in [4.69, 9.17) is 5.73 Å². The van der Waals surface area contributed by atoms with E-state index >= 15 is 0 Å². The Morgan fingerprint density at radius 1 is 1.39 bits per heavy atom. The molecule has 4 heteroatoms. The molecule has 1 aromatic carbocycles. The summed E-state index contributed by atoms with van der Waals surface area (Å²) in [6.07, 6.45) is 2.58. The van der Waals surface area contributed by atoms with Crippen LogP contribution in [0.2, 0.25) is 0 Å². The van der Waals surface area contributed by atoms with Crippen molar-refractivity contribution in [3.05, 3.63) is 33.4 Å². The molecule has 0 radical (unpaired) electrons. The minimum absolute atomic E-state index is 0. The monoisotopic (exact) mass is 380 g/mol. The highest BCUT2D eigenvalue weighted by atomic mass is 127. The van der Waals surface area contributed by atoms with E-state index in [2.05, 4.69) is 58.7 Å². The summed E-state index contributed by atoms with van der Waals surface area (Å²) < 4.78 is 1.30. The third-order valence-electron chi connectivity index (χ3n) is 3.60. The molecule has 1 saturated heterocycles. The zero-order valence-electron chi connectivity index (χ0n) is 10.8. The summed E-state index contributed by atoms with van der Waals surface area (Å²) in [5.74, 6) is 0.674. The molecule has 0 bridgehead atoms. The van der Waals surface area contributed by atoms with Crippen LogP contribution >= 0.6 is 35.0 Å². The van der Waals surface area contributed by atoms with E-state index in [0.29, 0.717) is 12.0 Å². The van der Waals surface area contributed by atoms with Crippen molar-refractivity contribution in [1.82, 2.24) is 4.90 Å². The van der Waals surface area contributed by atoms with Crippen LogP contribution in [0.25, 0.3) is 0 Å². The largest absolute Gasteiger partial charge is 0.328 e. The van der Waals surface area contributed by atoms with Crippen LogP contribution in [0.4, 0.5) is 0 Å². The quantitative estimate of drug-likeness (QED) is 0.816. The highest BCUT2D eigenvalue weighted by Gasteiger charge is 2.22. The molecule has 1 aromatic rings. The summed E-state index contributed by atoms with van der Waals surface area (Å²) >= 11 is 2.35. The first-order chi connectivity index (χ1) is 8.15. The summed E-state index contributed by atoms with van der Waals surface area (Å²) in [6, 6.07) is 9.16. The highest BCUT2D eigenvalue weighted by Crippen LogP contribution is 2.20. The molecule has 2 unspecified atom stereocenters. The summed E-state index contributed by atoms with van der Waals surface area (Å²) in [4.78, 5) is 2.54. The summed E-state index contributed by atoms with van der Waals surface area (Å²) in [7, 11) is 0. The molecule has 2 N–H and O–H groups in total. The summed E-state index contributed by atoms with van der Waals surface area (Å²) in [6.45, 7) is 5.58. The van der Waals surface area contributed by atoms with Crippen LogP contribution in [0.3, 0.4) is 0 Å². The first-order valence-electron chi connectivity index (χ1n) is 6.37. The molecule has 0 saturated carbocycles. The van der Waals surface area contributed by atoms with Gasteiger partial charge in [0.15, 0.2) is 0 Å². The molecule has 2 rings (SSSR count). The predicted molar refractivity (Wildman–Crippen MR) is 88.1 cm³/mol. The molecule has 1 aliphatic heterocycles. The Morgan fingerprint density at radius 3 is 2.67 bits per heavy atom. The third kappa shape index (κ3) is 4.68. The standard InChI is InChI=1S/C14H21IN2.ClH/c1-11(16)13-3-2-8-17(10-13)9-12-4-6-14(15)7-5-12;/h4-7,11,13H,2-3,8-10,16H2,1H3;1H. The molecule has 2 nitrogen and oxygen atoms in total. The lowest BCUT2D eigenvalue weighted by Crippen LogP contribution is -2.41. The van der Waals surface area contributed by atoms with Gasteiger partial charge in [0.2, 0.25) is 0 Å². The van der Waals surface area contributed by atoms with E-state index in [1.165, 1.54) is 28.5 Å². The van der Waals surface area contributed by atoms with E-state index in [1.54, 1.807) is 0 Å². The zero-order chi connectivity index (χ0) is 12.3.